The SMILES string of the molecule is O=C(Nc1nc2c(s1)C[C@@H](c1ccccc1)CC2)c1cn[nH]n1. The van der Waals surface area contributed by atoms with Crippen molar-refractivity contribution in [1.82, 2.24) is 20.4 Å². The summed E-state index contributed by atoms with van der Waals surface area (Å²) in [5.74, 6) is 0.243. The molecule has 1 aliphatic carbocycles. The molecule has 1 aliphatic rings. The summed E-state index contributed by atoms with van der Waals surface area (Å²) in [5.41, 5.74) is 2.75. The summed E-state index contributed by atoms with van der Waals surface area (Å²) in [7, 11) is 0. The lowest BCUT2D eigenvalue weighted by atomic mass is 9.85. The van der Waals surface area contributed by atoms with Gasteiger partial charge in [0.25, 0.3) is 5.91 Å². The summed E-state index contributed by atoms with van der Waals surface area (Å²) in [6.07, 6.45) is 4.42. The van der Waals surface area contributed by atoms with E-state index in [1.54, 1.807) is 11.3 Å². The Hall–Kier alpha value is -2.54. The zero-order chi connectivity index (χ0) is 15.6. The molecule has 1 atom stereocenters. The van der Waals surface area contributed by atoms with Crippen LogP contribution in [0.1, 0.15) is 39.0 Å². The second kappa shape index (κ2) is 5.92. The number of aryl methyl sites for hydroxylation is 1. The van der Waals surface area contributed by atoms with E-state index in [0.29, 0.717) is 11.0 Å². The van der Waals surface area contributed by atoms with E-state index >= 15 is 0 Å². The van der Waals surface area contributed by atoms with Crippen molar-refractivity contribution in [3.05, 3.63) is 58.4 Å². The van der Waals surface area contributed by atoms with E-state index in [9.17, 15) is 4.79 Å². The van der Waals surface area contributed by atoms with Gasteiger partial charge < -0.3 is 0 Å². The molecular weight excluding hydrogens is 310 g/mol. The highest BCUT2D eigenvalue weighted by atomic mass is 32.1. The second-order valence-corrected chi connectivity index (χ2v) is 6.63. The van der Waals surface area contributed by atoms with Crippen LogP contribution < -0.4 is 5.32 Å². The fourth-order valence-corrected chi connectivity index (χ4v) is 3.99. The Labute approximate surface area is 137 Å². The first-order chi connectivity index (χ1) is 11.3. The number of H-pyrrole nitrogens is 1. The second-order valence-electron chi connectivity index (χ2n) is 5.55. The van der Waals surface area contributed by atoms with Crippen molar-refractivity contribution in [3.8, 4) is 0 Å². The first-order valence-electron chi connectivity index (χ1n) is 7.50. The number of aromatic amines is 1. The van der Waals surface area contributed by atoms with E-state index in [0.717, 1.165) is 25.0 Å². The normalized spacial score (nSPS) is 16.8. The monoisotopic (exact) mass is 325 g/mol. The molecule has 2 heterocycles. The van der Waals surface area contributed by atoms with Gasteiger partial charge in [-0.05, 0) is 30.7 Å². The van der Waals surface area contributed by atoms with Crippen LogP contribution in [0.4, 0.5) is 5.13 Å². The Morgan fingerprint density at radius 3 is 2.96 bits per heavy atom. The number of benzene rings is 1. The predicted molar refractivity (Wildman–Crippen MR) is 87.7 cm³/mol. The van der Waals surface area contributed by atoms with Crippen molar-refractivity contribution in [1.29, 1.82) is 0 Å². The van der Waals surface area contributed by atoms with Gasteiger partial charge in [0.1, 0.15) is 0 Å². The van der Waals surface area contributed by atoms with E-state index in [1.807, 2.05) is 6.07 Å². The zero-order valence-electron chi connectivity index (χ0n) is 12.3. The van der Waals surface area contributed by atoms with Crippen LogP contribution in [-0.4, -0.2) is 26.3 Å². The molecule has 0 fully saturated rings. The van der Waals surface area contributed by atoms with E-state index in [4.69, 9.17) is 0 Å². The lowest BCUT2D eigenvalue weighted by molar-refractivity contribution is 0.102. The number of amides is 1. The fourth-order valence-electron chi connectivity index (χ4n) is 2.91. The molecule has 1 amide bonds. The Bertz CT molecular complexity index is 812. The molecule has 0 unspecified atom stereocenters. The average molecular weight is 325 g/mol. The number of hydrogen-bond donors (Lipinski definition) is 2. The fraction of sp³-hybridized carbons (Fsp3) is 0.250. The van der Waals surface area contributed by atoms with Gasteiger partial charge in [-0.25, -0.2) is 4.98 Å². The topological polar surface area (TPSA) is 83.6 Å². The highest BCUT2D eigenvalue weighted by Crippen LogP contribution is 2.36. The van der Waals surface area contributed by atoms with E-state index in [-0.39, 0.29) is 11.6 Å². The van der Waals surface area contributed by atoms with Gasteiger partial charge in [0, 0.05) is 4.88 Å². The quantitative estimate of drug-likeness (QED) is 0.775. The maximum absolute atomic E-state index is 12.0. The maximum atomic E-state index is 12.0. The number of nitrogens with one attached hydrogen (secondary N) is 2. The van der Waals surface area contributed by atoms with Crippen LogP contribution in [0.25, 0.3) is 0 Å². The van der Waals surface area contributed by atoms with Gasteiger partial charge in [-0.2, -0.15) is 15.4 Å². The van der Waals surface area contributed by atoms with Crippen LogP contribution in [0.15, 0.2) is 36.5 Å². The van der Waals surface area contributed by atoms with Crippen LogP contribution in [0.5, 0.6) is 0 Å². The summed E-state index contributed by atoms with van der Waals surface area (Å²) in [6, 6.07) is 10.6. The van der Waals surface area contributed by atoms with Crippen LogP contribution >= 0.6 is 11.3 Å². The lowest BCUT2D eigenvalue weighted by Gasteiger charge is -2.21. The summed E-state index contributed by atoms with van der Waals surface area (Å²) in [4.78, 5) is 17.8. The third-order valence-corrected chi connectivity index (χ3v) is 5.11. The minimum absolute atomic E-state index is 0.264. The average Bonchev–Trinajstić information content (AvgIpc) is 3.24. The summed E-state index contributed by atoms with van der Waals surface area (Å²) in [6.45, 7) is 0. The molecule has 0 spiro atoms. The number of anilines is 1. The minimum atomic E-state index is -0.288. The van der Waals surface area contributed by atoms with Gasteiger partial charge in [-0.15, -0.1) is 11.3 Å². The summed E-state index contributed by atoms with van der Waals surface area (Å²) in [5, 5.41) is 13.3. The highest BCUT2D eigenvalue weighted by Gasteiger charge is 2.24. The predicted octanol–water partition coefficient (Wildman–Crippen LogP) is 2.79. The lowest BCUT2D eigenvalue weighted by Crippen LogP contribution is -2.12. The largest absolute Gasteiger partial charge is 0.296 e. The third kappa shape index (κ3) is 2.87. The number of thiazole rings is 1. The molecule has 0 aliphatic heterocycles. The molecule has 3 aromatic rings. The van der Waals surface area contributed by atoms with Crippen molar-refractivity contribution < 1.29 is 4.79 Å². The first-order valence-corrected chi connectivity index (χ1v) is 8.32. The molecule has 4 rings (SSSR count). The molecule has 2 N–H and O–H groups in total. The standard InChI is InChI=1S/C16H15N5OS/c22-15(13-9-17-21-20-13)19-16-18-12-7-6-11(8-14(12)23-16)10-4-2-1-3-5-10/h1-5,9,11H,6-8H2,(H,17,20,21)(H,18,19,22)/t11-/m0/s1. The number of carbonyl (C=O) groups excluding carboxylic acids is 1. The van der Waals surface area contributed by atoms with Gasteiger partial charge in [0.15, 0.2) is 10.8 Å². The van der Waals surface area contributed by atoms with Gasteiger partial charge >= 0.3 is 0 Å². The molecule has 1 aromatic carbocycles. The number of carbonyl (C=O) groups is 1. The van der Waals surface area contributed by atoms with Crippen molar-refractivity contribution in [2.75, 3.05) is 5.32 Å². The number of rotatable bonds is 3. The van der Waals surface area contributed by atoms with Crippen LogP contribution in [0, 0.1) is 0 Å². The molecule has 116 valence electrons. The Kier molecular flexibility index (Phi) is 3.63. The van der Waals surface area contributed by atoms with Gasteiger partial charge in [-0.1, -0.05) is 30.3 Å². The maximum Gasteiger partial charge on any atom is 0.279 e. The number of aromatic nitrogens is 4. The number of hydrogen-bond acceptors (Lipinski definition) is 5. The van der Waals surface area contributed by atoms with Crippen LogP contribution in [0.2, 0.25) is 0 Å². The Morgan fingerprint density at radius 1 is 1.30 bits per heavy atom. The van der Waals surface area contributed by atoms with Crippen LogP contribution in [0.3, 0.4) is 0 Å². The van der Waals surface area contributed by atoms with E-state index in [1.165, 1.54) is 16.6 Å². The van der Waals surface area contributed by atoms with Gasteiger partial charge in [0.2, 0.25) is 0 Å². The summed E-state index contributed by atoms with van der Waals surface area (Å²) < 4.78 is 0. The molecule has 6 nitrogen and oxygen atoms in total. The molecule has 23 heavy (non-hydrogen) atoms. The molecule has 0 bridgehead atoms. The first kappa shape index (κ1) is 14.1. The van der Waals surface area contributed by atoms with Gasteiger partial charge in [-0.3, -0.25) is 10.1 Å². The van der Waals surface area contributed by atoms with Crippen molar-refractivity contribution in [3.63, 3.8) is 0 Å². The molecule has 2 aromatic heterocycles. The van der Waals surface area contributed by atoms with Crippen LogP contribution in [-0.2, 0) is 12.8 Å². The Morgan fingerprint density at radius 2 is 2.17 bits per heavy atom. The molecule has 0 saturated carbocycles. The highest BCUT2D eigenvalue weighted by molar-refractivity contribution is 7.15. The molecular formula is C16H15N5OS. The van der Waals surface area contributed by atoms with Crippen molar-refractivity contribution in [2.45, 2.75) is 25.2 Å². The third-order valence-electron chi connectivity index (χ3n) is 4.08. The van der Waals surface area contributed by atoms with Crippen molar-refractivity contribution in [2.24, 2.45) is 0 Å². The van der Waals surface area contributed by atoms with E-state index in [2.05, 4.69) is 50.0 Å². The molecule has 0 saturated heterocycles. The minimum Gasteiger partial charge on any atom is -0.296 e. The Balaban J connectivity index is 1.50. The molecule has 0 radical (unpaired) electrons. The summed E-state index contributed by atoms with van der Waals surface area (Å²) >= 11 is 1.56. The number of nitrogens with zero attached hydrogens (tertiary/aromatic N) is 3. The van der Waals surface area contributed by atoms with Gasteiger partial charge in [0.05, 0.1) is 11.9 Å². The molecule has 7 heteroatoms. The number of fused-ring (bicyclic) bond motifs is 1. The van der Waals surface area contributed by atoms with Crippen molar-refractivity contribution >= 4 is 22.4 Å². The van der Waals surface area contributed by atoms with E-state index < -0.39 is 0 Å². The smallest absolute Gasteiger partial charge is 0.279 e. The zero-order valence-corrected chi connectivity index (χ0v) is 13.1.